The van der Waals surface area contributed by atoms with Crippen molar-refractivity contribution in [2.24, 2.45) is 0 Å². The first-order chi connectivity index (χ1) is 9.06. The molecule has 0 amide bonds. The Morgan fingerprint density at radius 1 is 1.11 bits per heavy atom. The molecule has 98 valence electrons. The highest BCUT2D eigenvalue weighted by atomic mass is 32.2. The van der Waals surface area contributed by atoms with Crippen LogP contribution in [0.25, 0.3) is 0 Å². The van der Waals surface area contributed by atoms with Crippen molar-refractivity contribution in [3.8, 4) is 0 Å². The summed E-state index contributed by atoms with van der Waals surface area (Å²) in [4.78, 5) is 12.8. The number of hydrogen-bond acceptors (Lipinski definition) is 2. The van der Waals surface area contributed by atoms with Crippen LogP contribution >= 0.6 is 11.8 Å². The lowest BCUT2D eigenvalue weighted by Gasteiger charge is -2.03. The minimum atomic E-state index is -0.994. The first kappa shape index (κ1) is 13.7. The number of halogens is 2. The number of carbonyl (C=O) groups excluding carboxylic acids is 1. The SMILES string of the molecule is Cc1cccc(SCC(=O)c2ccc(F)c(F)c2)c1. The number of benzene rings is 2. The quantitative estimate of drug-likeness (QED) is 0.614. The van der Waals surface area contributed by atoms with Crippen LogP contribution in [0.3, 0.4) is 0 Å². The second kappa shape index (κ2) is 5.97. The summed E-state index contributed by atoms with van der Waals surface area (Å²) in [6.07, 6.45) is 0. The van der Waals surface area contributed by atoms with Crippen molar-refractivity contribution in [1.82, 2.24) is 0 Å². The van der Waals surface area contributed by atoms with E-state index in [0.29, 0.717) is 0 Å². The van der Waals surface area contributed by atoms with Crippen LogP contribution < -0.4 is 0 Å². The van der Waals surface area contributed by atoms with Crippen molar-refractivity contribution in [3.63, 3.8) is 0 Å². The summed E-state index contributed by atoms with van der Waals surface area (Å²) < 4.78 is 25.8. The van der Waals surface area contributed by atoms with Crippen LogP contribution in [0, 0.1) is 18.6 Å². The Morgan fingerprint density at radius 2 is 1.89 bits per heavy atom. The number of hydrogen-bond donors (Lipinski definition) is 0. The molecule has 0 bridgehead atoms. The Balaban J connectivity index is 2.03. The zero-order valence-electron chi connectivity index (χ0n) is 10.3. The first-order valence-electron chi connectivity index (χ1n) is 5.74. The maximum absolute atomic E-state index is 13.0. The normalized spacial score (nSPS) is 10.5. The first-order valence-corrected chi connectivity index (χ1v) is 6.72. The molecule has 0 aliphatic heterocycles. The molecule has 0 radical (unpaired) electrons. The van der Waals surface area contributed by atoms with E-state index >= 15 is 0 Å². The molecule has 0 aliphatic carbocycles. The van der Waals surface area contributed by atoms with E-state index in [4.69, 9.17) is 0 Å². The summed E-state index contributed by atoms with van der Waals surface area (Å²) in [5.41, 5.74) is 1.31. The maximum atomic E-state index is 13.0. The van der Waals surface area contributed by atoms with Crippen molar-refractivity contribution in [2.45, 2.75) is 11.8 Å². The lowest BCUT2D eigenvalue weighted by atomic mass is 10.1. The number of carbonyl (C=O) groups is 1. The third-order valence-electron chi connectivity index (χ3n) is 2.60. The predicted molar refractivity (Wildman–Crippen MR) is 72.6 cm³/mol. The molecule has 19 heavy (non-hydrogen) atoms. The number of Topliss-reactive ketones (excluding diaryl/α,β-unsaturated/α-hetero) is 1. The van der Waals surface area contributed by atoms with E-state index in [1.54, 1.807) is 0 Å². The van der Waals surface area contributed by atoms with Gasteiger partial charge < -0.3 is 0 Å². The Hall–Kier alpha value is -1.68. The summed E-state index contributed by atoms with van der Waals surface area (Å²) in [7, 11) is 0. The Bertz CT molecular complexity index is 611. The van der Waals surface area contributed by atoms with Crippen LogP contribution in [0.4, 0.5) is 8.78 Å². The van der Waals surface area contributed by atoms with Gasteiger partial charge in [0.25, 0.3) is 0 Å². The van der Waals surface area contributed by atoms with Gasteiger partial charge in [-0.05, 0) is 37.3 Å². The van der Waals surface area contributed by atoms with Crippen molar-refractivity contribution in [3.05, 3.63) is 65.2 Å². The van der Waals surface area contributed by atoms with Crippen LogP contribution in [0.15, 0.2) is 47.4 Å². The topological polar surface area (TPSA) is 17.1 Å². The zero-order valence-corrected chi connectivity index (χ0v) is 11.1. The molecule has 0 spiro atoms. The number of aryl methyl sites for hydroxylation is 1. The molecule has 0 saturated carbocycles. The average Bonchev–Trinajstić information content (AvgIpc) is 2.39. The van der Waals surface area contributed by atoms with Gasteiger partial charge in [-0.2, -0.15) is 0 Å². The fraction of sp³-hybridized carbons (Fsp3) is 0.133. The van der Waals surface area contributed by atoms with Gasteiger partial charge in [-0.15, -0.1) is 11.8 Å². The maximum Gasteiger partial charge on any atom is 0.173 e. The fourth-order valence-corrected chi connectivity index (χ4v) is 2.52. The highest BCUT2D eigenvalue weighted by Gasteiger charge is 2.10. The van der Waals surface area contributed by atoms with E-state index in [1.807, 2.05) is 31.2 Å². The molecule has 0 aliphatic rings. The van der Waals surface area contributed by atoms with Crippen molar-refractivity contribution in [1.29, 1.82) is 0 Å². The van der Waals surface area contributed by atoms with Crippen molar-refractivity contribution < 1.29 is 13.6 Å². The van der Waals surface area contributed by atoms with Crippen molar-refractivity contribution >= 4 is 17.5 Å². The van der Waals surface area contributed by atoms with E-state index in [9.17, 15) is 13.6 Å². The zero-order chi connectivity index (χ0) is 13.8. The summed E-state index contributed by atoms with van der Waals surface area (Å²) in [5, 5.41) is 0. The molecule has 0 heterocycles. The van der Waals surface area contributed by atoms with Crippen LogP contribution in [0.1, 0.15) is 15.9 Å². The average molecular weight is 278 g/mol. The Morgan fingerprint density at radius 3 is 2.58 bits per heavy atom. The standard InChI is InChI=1S/C15H12F2OS/c1-10-3-2-4-12(7-10)19-9-15(18)11-5-6-13(16)14(17)8-11/h2-8H,9H2,1H3. The number of rotatable bonds is 4. The molecule has 4 heteroatoms. The predicted octanol–water partition coefficient (Wildman–Crippen LogP) is 4.25. The molecule has 0 N–H and O–H groups in total. The summed E-state index contributed by atoms with van der Waals surface area (Å²) >= 11 is 1.38. The van der Waals surface area contributed by atoms with Crippen LogP contribution in [-0.4, -0.2) is 11.5 Å². The van der Waals surface area contributed by atoms with Crippen molar-refractivity contribution in [2.75, 3.05) is 5.75 Å². The molecule has 2 rings (SSSR count). The van der Waals surface area contributed by atoms with Gasteiger partial charge in [0.15, 0.2) is 17.4 Å². The van der Waals surface area contributed by atoms with E-state index in [0.717, 1.165) is 22.6 Å². The summed E-state index contributed by atoms with van der Waals surface area (Å²) in [6.45, 7) is 1.97. The monoisotopic (exact) mass is 278 g/mol. The fourth-order valence-electron chi connectivity index (χ4n) is 1.61. The van der Waals surface area contributed by atoms with Crippen LogP contribution in [0.5, 0.6) is 0 Å². The van der Waals surface area contributed by atoms with Gasteiger partial charge in [0, 0.05) is 10.5 Å². The molecular weight excluding hydrogens is 266 g/mol. The Labute approximate surface area is 114 Å². The second-order valence-electron chi connectivity index (χ2n) is 4.16. The molecular formula is C15H12F2OS. The molecule has 0 atom stereocenters. The lowest BCUT2D eigenvalue weighted by Crippen LogP contribution is -2.03. The third-order valence-corrected chi connectivity index (χ3v) is 3.59. The van der Waals surface area contributed by atoms with Gasteiger partial charge in [-0.25, -0.2) is 8.78 Å². The number of ketones is 1. The van der Waals surface area contributed by atoms with E-state index < -0.39 is 11.6 Å². The molecule has 0 fully saturated rings. The largest absolute Gasteiger partial charge is 0.293 e. The molecule has 2 aromatic carbocycles. The van der Waals surface area contributed by atoms with Gasteiger partial charge in [0.2, 0.25) is 0 Å². The molecule has 2 aromatic rings. The summed E-state index contributed by atoms with van der Waals surface area (Å²) in [5.74, 6) is -1.95. The third kappa shape index (κ3) is 3.64. The van der Waals surface area contributed by atoms with Gasteiger partial charge in [0.05, 0.1) is 5.75 Å². The molecule has 0 unspecified atom stereocenters. The van der Waals surface area contributed by atoms with Crippen LogP contribution in [-0.2, 0) is 0 Å². The number of thioether (sulfide) groups is 1. The van der Waals surface area contributed by atoms with Gasteiger partial charge in [-0.3, -0.25) is 4.79 Å². The second-order valence-corrected chi connectivity index (χ2v) is 5.21. The minimum Gasteiger partial charge on any atom is -0.293 e. The molecule has 1 nitrogen and oxygen atoms in total. The highest BCUT2D eigenvalue weighted by molar-refractivity contribution is 8.00. The van der Waals surface area contributed by atoms with Gasteiger partial charge in [-0.1, -0.05) is 17.7 Å². The van der Waals surface area contributed by atoms with Gasteiger partial charge >= 0.3 is 0 Å². The minimum absolute atomic E-state index is 0.194. The summed E-state index contributed by atoms with van der Waals surface area (Å²) in [6, 6.07) is 11.0. The smallest absolute Gasteiger partial charge is 0.173 e. The van der Waals surface area contributed by atoms with Crippen LogP contribution in [0.2, 0.25) is 0 Å². The molecule has 0 aromatic heterocycles. The highest BCUT2D eigenvalue weighted by Crippen LogP contribution is 2.20. The molecule has 0 saturated heterocycles. The lowest BCUT2D eigenvalue weighted by molar-refractivity contribution is 0.102. The van der Waals surface area contributed by atoms with E-state index in [2.05, 4.69) is 0 Å². The van der Waals surface area contributed by atoms with E-state index in [1.165, 1.54) is 17.8 Å². The Kier molecular flexibility index (Phi) is 4.32. The van der Waals surface area contributed by atoms with E-state index in [-0.39, 0.29) is 17.1 Å². The van der Waals surface area contributed by atoms with Gasteiger partial charge in [0.1, 0.15) is 0 Å².